The molecule has 1 fully saturated rings. The molecular formula is C17H24O3. The van der Waals surface area contributed by atoms with Gasteiger partial charge in [0.1, 0.15) is 5.75 Å². The minimum atomic E-state index is -0.647. The van der Waals surface area contributed by atoms with Gasteiger partial charge in [-0.1, -0.05) is 17.7 Å². The van der Waals surface area contributed by atoms with Crippen LogP contribution in [0.3, 0.4) is 0 Å². The standard InChI is InChI=1S/C17H24O3/c1-11(2)20-16-9-4-12(3)10-15(16)13-5-7-14(8-6-13)17(18)19/h4,9-11,13-14H,5-8H2,1-3H3,(H,18,19). The fourth-order valence-electron chi connectivity index (χ4n) is 3.00. The molecular weight excluding hydrogens is 252 g/mol. The molecule has 1 saturated carbocycles. The number of hydrogen-bond acceptors (Lipinski definition) is 2. The van der Waals surface area contributed by atoms with E-state index in [-0.39, 0.29) is 12.0 Å². The van der Waals surface area contributed by atoms with E-state index in [1.807, 2.05) is 19.9 Å². The first-order valence-electron chi connectivity index (χ1n) is 7.47. The maximum absolute atomic E-state index is 11.0. The van der Waals surface area contributed by atoms with E-state index in [9.17, 15) is 4.79 Å². The number of hydrogen-bond donors (Lipinski definition) is 1. The van der Waals surface area contributed by atoms with Gasteiger partial charge in [-0.15, -0.1) is 0 Å². The van der Waals surface area contributed by atoms with Crippen molar-refractivity contribution in [2.75, 3.05) is 0 Å². The van der Waals surface area contributed by atoms with Crippen molar-refractivity contribution in [3.63, 3.8) is 0 Å². The van der Waals surface area contributed by atoms with E-state index in [2.05, 4.69) is 19.1 Å². The van der Waals surface area contributed by atoms with E-state index in [1.54, 1.807) is 0 Å². The Kier molecular flexibility index (Phi) is 4.69. The van der Waals surface area contributed by atoms with Crippen molar-refractivity contribution in [3.05, 3.63) is 29.3 Å². The second-order valence-corrected chi connectivity index (χ2v) is 6.09. The highest BCUT2D eigenvalue weighted by molar-refractivity contribution is 5.70. The van der Waals surface area contributed by atoms with Crippen LogP contribution in [-0.2, 0) is 4.79 Å². The molecule has 1 aromatic rings. The molecule has 2 rings (SSSR count). The second kappa shape index (κ2) is 6.29. The number of ether oxygens (including phenoxy) is 1. The highest BCUT2D eigenvalue weighted by Gasteiger charge is 2.28. The Morgan fingerprint density at radius 1 is 1.25 bits per heavy atom. The van der Waals surface area contributed by atoms with Crippen LogP contribution in [0.4, 0.5) is 0 Å². The lowest BCUT2D eigenvalue weighted by Gasteiger charge is -2.28. The average Bonchev–Trinajstić information content (AvgIpc) is 2.40. The quantitative estimate of drug-likeness (QED) is 0.899. The molecule has 1 aromatic carbocycles. The molecule has 110 valence electrons. The molecule has 3 heteroatoms. The van der Waals surface area contributed by atoms with Crippen molar-refractivity contribution in [2.45, 2.75) is 58.5 Å². The summed E-state index contributed by atoms with van der Waals surface area (Å²) in [4.78, 5) is 11.0. The predicted octanol–water partition coefficient (Wildman–Crippen LogP) is 4.14. The maximum atomic E-state index is 11.0. The number of benzene rings is 1. The van der Waals surface area contributed by atoms with Gasteiger partial charge in [-0.25, -0.2) is 0 Å². The monoisotopic (exact) mass is 276 g/mol. The van der Waals surface area contributed by atoms with E-state index in [0.717, 1.165) is 31.4 Å². The summed E-state index contributed by atoms with van der Waals surface area (Å²) in [6.45, 7) is 6.15. The zero-order valence-corrected chi connectivity index (χ0v) is 12.6. The Morgan fingerprint density at radius 2 is 1.90 bits per heavy atom. The molecule has 0 heterocycles. The minimum absolute atomic E-state index is 0.159. The van der Waals surface area contributed by atoms with Crippen molar-refractivity contribution in [2.24, 2.45) is 5.92 Å². The fourth-order valence-corrected chi connectivity index (χ4v) is 3.00. The Bertz CT molecular complexity index is 471. The summed E-state index contributed by atoms with van der Waals surface area (Å²) in [7, 11) is 0. The van der Waals surface area contributed by atoms with Crippen molar-refractivity contribution < 1.29 is 14.6 Å². The van der Waals surface area contributed by atoms with Crippen LogP contribution in [0.1, 0.15) is 56.6 Å². The lowest BCUT2D eigenvalue weighted by atomic mass is 9.78. The van der Waals surface area contributed by atoms with E-state index >= 15 is 0 Å². The lowest BCUT2D eigenvalue weighted by molar-refractivity contribution is -0.142. The van der Waals surface area contributed by atoms with Gasteiger partial charge in [0.25, 0.3) is 0 Å². The fraction of sp³-hybridized carbons (Fsp3) is 0.588. The zero-order valence-electron chi connectivity index (χ0n) is 12.6. The SMILES string of the molecule is Cc1ccc(OC(C)C)c(C2CCC(C(=O)O)CC2)c1. The Morgan fingerprint density at radius 3 is 2.45 bits per heavy atom. The summed E-state index contributed by atoms with van der Waals surface area (Å²) in [6, 6.07) is 6.32. The molecule has 3 nitrogen and oxygen atoms in total. The van der Waals surface area contributed by atoms with Gasteiger partial charge >= 0.3 is 5.97 Å². The van der Waals surface area contributed by atoms with Crippen LogP contribution >= 0.6 is 0 Å². The third-order valence-electron chi connectivity index (χ3n) is 4.04. The summed E-state index contributed by atoms with van der Waals surface area (Å²) >= 11 is 0. The van der Waals surface area contributed by atoms with Crippen LogP contribution in [-0.4, -0.2) is 17.2 Å². The number of carboxylic acids is 1. The Labute approximate surface area is 121 Å². The smallest absolute Gasteiger partial charge is 0.306 e. The highest BCUT2D eigenvalue weighted by atomic mass is 16.5. The molecule has 1 N–H and O–H groups in total. The highest BCUT2D eigenvalue weighted by Crippen LogP contribution is 2.40. The van der Waals surface area contributed by atoms with E-state index in [0.29, 0.717) is 5.92 Å². The van der Waals surface area contributed by atoms with Crippen LogP contribution in [0.2, 0.25) is 0 Å². The van der Waals surface area contributed by atoms with Crippen LogP contribution in [0.25, 0.3) is 0 Å². The van der Waals surface area contributed by atoms with Gasteiger partial charge in [-0.05, 0) is 64.0 Å². The summed E-state index contributed by atoms with van der Waals surface area (Å²) in [5.41, 5.74) is 2.49. The molecule has 0 atom stereocenters. The van der Waals surface area contributed by atoms with Gasteiger partial charge in [-0.3, -0.25) is 4.79 Å². The first-order valence-corrected chi connectivity index (χ1v) is 7.47. The molecule has 0 unspecified atom stereocenters. The van der Waals surface area contributed by atoms with Crippen LogP contribution < -0.4 is 4.74 Å². The van der Waals surface area contributed by atoms with Gasteiger partial charge < -0.3 is 9.84 Å². The first kappa shape index (κ1) is 14.9. The Balaban J connectivity index is 2.16. The molecule has 0 aliphatic heterocycles. The predicted molar refractivity (Wildman–Crippen MR) is 79.3 cm³/mol. The van der Waals surface area contributed by atoms with Gasteiger partial charge in [0.2, 0.25) is 0 Å². The normalized spacial score (nSPS) is 22.8. The number of aliphatic carboxylic acids is 1. The number of aryl methyl sites for hydroxylation is 1. The maximum Gasteiger partial charge on any atom is 0.306 e. The molecule has 1 aliphatic rings. The lowest BCUT2D eigenvalue weighted by Crippen LogP contribution is -2.21. The molecule has 0 bridgehead atoms. The van der Waals surface area contributed by atoms with Gasteiger partial charge in [0, 0.05) is 0 Å². The third-order valence-corrected chi connectivity index (χ3v) is 4.04. The van der Waals surface area contributed by atoms with Gasteiger partial charge in [0.15, 0.2) is 0 Å². The molecule has 0 saturated heterocycles. The zero-order chi connectivity index (χ0) is 14.7. The second-order valence-electron chi connectivity index (χ2n) is 6.09. The first-order chi connectivity index (χ1) is 9.47. The van der Waals surface area contributed by atoms with Crippen molar-refractivity contribution in [1.29, 1.82) is 0 Å². The average molecular weight is 276 g/mol. The Hall–Kier alpha value is -1.51. The summed E-state index contributed by atoms with van der Waals surface area (Å²) in [5.74, 6) is 0.584. The minimum Gasteiger partial charge on any atom is -0.491 e. The van der Waals surface area contributed by atoms with E-state index < -0.39 is 5.97 Å². The molecule has 0 spiro atoms. The van der Waals surface area contributed by atoms with Crippen molar-refractivity contribution >= 4 is 5.97 Å². The molecule has 0 radical (unpaired) electrons. The molecule has 20 heavy (non-hydrogen) atoms. The number of carboxylic acid groups (broad SMARTS) is 1. The number of rotatable bonds is 4. The van der Waals surface area contributed by atoms with Crippen LogP contribution in [0, 0.1) is 12.8 Å². The third kappa shape index (κ3) is 3.53. The molecule has 0 aromatic heterocycles. The van der Waals surface area contributed by atoms with E-state index in [1.165, 1.54) is 11.1 Å². The van der Waals surface area contributed by atoms with Crippen LogP contribution in [0.5, 0.6) is 5.75 Å². The number of carbonyl (C=O) groups is 1. The van der Waals surface area contributed by atoms with Crippen molar-refractivity contribution in [3.8, 4) is 5.75 Å². The topological polar surface area (TPSA) is 46.5 Å². The largest absolute Gasteiger partial charge is 0.491 e. The molecule has 1 aliphatic carbocycles. The summed E-state index contributed by atoms with van der Waals surface area (Å²) in [5, 5.41) is 9.09. The summed E-state index contributed by atoms with van der Waals surface area (Å²) in [6.07, 6.45) is 3.58. The van der Waals surface area contributed by atoms with E-state index in [4.69, 9.17) is 9.84 Å². The van der Waals surface area contributed by atoms with Crippen LogP contribution in [0.15, 0.2) is 18.2 Å². The van der Waals surface area contributed by atoms with Crippen molar-refractivity contribution in [1.82, 2.24) is 0 Å². The van der Waals surface area contributed by atoms with Gasteiger partial charge in [0.05, 0.1) is 12.0 Å². The summed E-state index contributed by atoms with van der Waals surface area (Å²) < 4.78 is 5.91. The molecule has 0 amide bonds. The van der Waals surface area contributed by atoms with Gasteiger partial charge in [-0.2, -0.15) is 0 Å².